The van der Waals surface area contributed by atoms with E-state index in [2.05, 4.69) is 36.5 Å². The number of sulfone groups is 1. The number of halogens is 1. The van der Waals surface area contributed by atoms with Gasteiger partial charge in [0, 0.05) is 19.3 Å². The van der Waals surface area contributed by atoms with Crippen LogP contribution < -0.4 is 10.6 Å². The molecule has 2 rings (SSSR count). The van der Waals surface area contributed by atoms with E-state index in [-0.39, 0.29) is 17.5 Å². The predicted octanol–water partition coefficient (Wildman–Crippen LogP) is 1.27. The lowest BCUT2D eigenvalue weighted by molar-refractivity contribution is 0.561. The van der Waals surface area contributed by atoms with Crippen molar-refractivity contribution in [1.29, 1.82) is 0 Å². The molecule has 2 heterocycles. The Balaban J connectivity index is 2.13. The highest BCUT2D eigenvalue weighted by Gasteiger charge is 2.25. The minimum atomic E-state index is -2.92. The van der Waals surface area contributed by atoms with Crippen molar-refractivity contribution >= 4 is 37.5 Å². The van der Waals surface area contributed by atoms with Gasteiger partial charge in [-0.2, -0.15) is 4.98 Å². The molecule has 8 heteroatoms. The van der Waals surface area contributed by atoms with Crippen LogP contribution in [0.1, 0.15) is 12.8 Å². The molecule has 1 aliphatic rings. The maximum absolute atomic E-state index is 11.6. The molecule has 0 aromatic carbocycles. The highest BCUT2D eigenvalue weighted by molar-refractivity contribution is 9.10. The number of rotatable bonds is 3. The maximum Gasteiger partial charge on any atom is 0.224 e. The smallest absolute Gasteiger partial charge is 0.224 e. The highest BCUT2D eigenvalue weighted by Crippen LogP contribution is 2.23. The van der Waals surface area contributed by atoms with Crippen LogP contribution in [-0.4, -0.2) is 43.0 Å². The van der Waals surface area contributed by atoms with Crippen LogP contribution in [0.25, 0.3) is 0 Å². The molecule has 18 heavy (non-hydrogen) atoms. The van der Waals surface area contributed by atoms with Crippen LogP contribution in [0, 0.1) is 0 Å². The number of nitrogens with one attached hydrogen (secondary N) is 2. The van der Waals surface area contributed by atoms with Crippen LogP contribution in [0.5, 0.6) is 0 Å². The lowest BCUT2D eigenvalue weighted by Gasteiger charge is -2.24. The fourth-order valence-electron chi connectivity index (χ4n) is 1.92. The van der Waals surface area contributed by atoms with E-state index in [4.69, 9.17) is 0 Å². The summed E-state index contributed by atoms with van der Waals surface area (Å²) in [6.07, 6.45) is 3.17. The third-order valence-corrected chi connectivity index (χ3v) is 5.17. The van der Waals surface area contributed by atoms with E-state index in [1.807, 2.05) is 0 Å². The average molecular weight is 335 g/mol. The molecule has 0 bridgehead atoms. The number of aromatic nitrogens is 2. The summed E-state index contributed by atoms with van der Waals surface area (Å²) in [5.41, 5.74) is 0. The van der Waals surface area contributed by atoms with Gasteiger partial charge in [-0.05, 0) is 28.8 Å². The van der Waals surface area contributed by atoms with Gasteiger partial charge < -0.3 is 10.6 Å². The van der Waals surface area contributed by atoms with Gasteiger partial charge in [0.1, 0.15) is 5.82 Å². The standard InChI is InChI=1S/C10H15BrN4O2S/c1-12-10-13-5-8(11)9(15-10)14-7-3-2-4-18(16,17)6-7/h5,7H,2-4,6H2,1H3,(H2,12,13,14,15). The van der Waals surface area contributed by atoms with E-state index in [9.17, 15) is 8.42 Å². The monoisotopic (exact) mass is 334 g/mol. The van der Waals surface area contributed by atoms with Crippen molar-refractivity contribution in [1.82, 2.24) is 9.97 Å². The van der Waals surface area contributed by atoms with Gasteiger partial charge in [-0.3, -0.25) is 0 Å². The molecule has 1 fully saturated rings. The molecule has 0 spiro atoms. The van der Waals surface area contributed by atoms with E-state index >= 15 is 0 Å². The first-order chi connectivity index (χ1) is 8.50. The lowest BCUT2D eigenvalue weighted by atomic mass is 10.2. The Morgan fingerprint density at radius 1 is 1.50 bits per heavy atom. The Hall–Kier alpha value is -0.890. The first kappa shape index (κ1) is 13.5. The third kappa shape index (κ3) is 3.32. The molecule has 0 radical (unpaired) electrons. The van der Waals surface area contributed by atoms with E-state index in [0.29, 0.717) is 18.2 Å². The molecule has 100 valence electrons. The van der Waals surface area contributed by atoms with Gasteiger partial charge in [0.15, 0.2) is 9.84 Å². The van der Waals surface area contributed by atoms with E-state index in [1.54, 1.807) is 13.2 Å². The molecule has 0 aliphatic carbocycles. The van der Waals surface area contributed by atoms with Crippen LogP contribution in [-0.2, 0) is 9.84 Å². The maximum atomic E-state index is 11.6. The van der Waals surface area contributed by atoms with Gasteiger partial charge >= 0.3 is 0 Å². The summed E-state index contributed by atoms with van der Waals surface area (Å²) in [6, 6.07) is -0.0837. The average Bonchev–Trinajstić information content (AvgIpc) is 2.31. The zero-order valence-corrected chi connectivity index (χ0v) is 12.4. The fraction of sp³-hybridized carbons (Fsp3) is 0.600. The zero-order chi connectivity index (χ0) is 13.2. The second-order valence-corrected chi connectivity index (χ2v) is 7.32. The quantitative estimate of drug-likeness (QED) is 0.865. The topological polar surface area (TPSA) is 84.0 Å². The van der Waals surface area contributed by atoms with Gasteiger partial charge in [-0.1, -0.05) is 0 Å². The van der Waals surface area contributed by atoms with E-state index in [0.717, 1.165) is 10.9 Å². The molecule has 0 saturated carbocycles. The third-order valence-electron chi connectivity index (χ3n) is 2.77. The lowest BCUT2D eigenvalue weighted by Crippen LogP contribution is -2.35. The molecule has 1 aromatic rings. The first-order valence-corrected chi connectivity index (χ1v) is 8.29. The summed E-state index contributed by atoms with van der Waals surface area (Å²) in [6.45, 7) is 0. The molecule has 1 aliphatic heterocycles. The van der Waals surface area contributed by atoms with Gasteiger partial charge in [0.2, 0.25) is 5.95 Å². The van der Waals surface area contributed by atoms with E-state index in [1.165, 1.54) is 0 Å². The van der Waals surface area contributed by atoms with E-state index < -0.39 is 9.84 Å². The number of nitrogens with zero attached hydrogens (tertiary/aromatic N) is 2. The Morgan fingerprint density at radius 2 is 2.28 bits per heavy atom. The minimum Gasteiger partial charge on any atom is -0.365 e. The largest absolute Gasteiger partial charge is 0.365 e. The van der Waals surface area contributed by atoms with Crippen molar-refractivity contribution in [2.45, 2.75) is 18.9 Å². The van der Waals surface area contributed by atoms with Crippen molar-refractivity contribution in [2.24, 2.45) is 0 Å². The predicted molar refractivity (Wildman–Crippen MR) is 74.6 cm³/mol. The van der Waals surface area contributed by atoms with Crippen molar-refractivity contribution in [2.75, 3.05) is 29.2 Å². The Morgan fingerprint density at radius 3 is 2.94 bits per heavy atom. The molecule has 1 unspecified atom stereocenters. The Bertz CT molecular complexity index is 535. The van der Waals surface area contributed by atoms with Gasteiger partial charge in [-0.25, -0.2) is 13.4 Å². The normalized spacial score (nSPS) is 22.4. The van der Waals surface area contributed by atoms with Crippen molar-refractivity contribution in [3.63, 3.8) is 0 Å². The first-order valence-electron chi connectivity index (χ1n) is 5.67. The van der Waals surface area contributed by atoms with Gasteiger partial charge in [0.05, 0.1) is 16.0 Å². The summed E-state index contributed by atoms with van der Waals surface area (Å²) < 4.78 is 23.9. The summed E-state index contributed by atoms with van der Waals surface area (Å²) >= 11 is 3.35. The van der Waals surface area contributed by atoms with Crippen LogP contribution in [0.2, 0.25) is 0 Å². The Kier molecular flexibility index (Phi) is 4.06. The van der Waals surface area contributed by atoms with Gasteiger partial charge in [-0.15, -0.1) is 0 Å². The summed E-state index contributed by atoms with van der Waals surface area (Å²) in [4.78, 5) is 8.31. The molecule has 1 aromatic heterocycles. The molecule has 1 saturated heterocycles. The minimum absolute atomic E-state index is 0.0837. The number of hydrogen-bond acceptors (Lipinski definition) is 6. The molecule has 0 amide bonds. The fourth-order valence-corrected chi connectivity index (χ4v) is 3.86. The van der Waals surface area contributed by atoms with Crippen LogP contribution in [0.3, 0.4) is 0 Å². The second kappa shape index (κ2) is 5.40. The summed E-state index contributed by atoms with van der Waals surface area (Å²) in [5.74, 6) is 1.58. The van der Waals surface area contributed by atoms with Crippen LogP contribution >= 0.6 is 15.9 Å². The highest BCUT2D eigenvalue weighted by atomic mass is 79.9. The zero-order valence-electron chi connectivity index (χ0n) is 9.98. The summed E-state index contributed by atoms with van der Waals surface area (Å²) in [7, 11) is -1.18. The van der Waals surface area contributed by atoms with Gasteiger partial charge in [0.25, 0.3) is 0 Å². The number of hydrogen-bond donors (Lipinski definition) is 2. The van der Waals surface area contributed by atoms with Crippen molar-refractivity contribution in [3.8, 4) is 0 Å². The van der Waals surface area contributed by atoms with Crippen molar-refractivity contribution < 1.29 is 8.42 Å². The Labute approximate surface area is 115 Å². The molecular formula is C10H15BrN4O2S. The second-order valence-electron chi connectivity index (χ2n) is 4.24. The number of anilines is 2. The molecule has 6 nitrogen and oxygen atoms in total. The van der Waals surface area contributed by atoms with Crippen LogP contribution in [0.15, 0.2) is 10.7 Å². The molecule has 1 atom stereocenters. The SMILES string of the molecule is CNc1ncc(Br)c(NC2CCCS(=O)(=O)C2)n1. The van der Waals surface area contributed by atoms with Crippen LogP contribution in [0.4, 0.5) is 11.8 Å². The van der Waals surface area contributed by atoms with Crippen molar-refractivity contribution in [3.05, 3.63) is 10.7 Å². The summed E-state index contributed by atoms with van der Waals surface area (Å²) in [5, 5.41) is 6.01. The molecular weight excluding hydrogens is 320 g/mol. The molecule has 2 N–H and O–H groups in total.